The van der Waals surface area contributed by atoms with E-state index in [1.54, 1.807) is 0 Å². The lowest BCUT2D eigenvalue weighted by Gasteiger charge is -2.27. The van der Waals surface area contributed by atoms with Crippen molar-refractivity contribution in [3.8, 4) is 5.75 Å². The molecule has 0 aromatic heterocycles. The second-order valence-corrected chi connectivity index (χ2v) is 6.29. The second kappa shape index (κ2) is 5.51. The van der Waals surface area contributed by atoms with Crippen molar-refractivity contribution in [2.45, 2.75) is 39.7 Å². The van der Waals surface area contributed by atoms with Gasteiger partial charge in [0.25, 0.3) is 0 Å². The zero-order chi connectivity index (χ0) is 14.1. The van der Waals surface area contributed by atoms with Gasteiger partial charge in [0, 0.05) is 11.7 Å². The molecule has 0 saturated heterocycles. The molecule has 0 heterocycles. The minimum Gasteiger partial charge on any atom is -0.494 e. The number of rotatable bonds is 5. The first-order valence-electron chi connectivity index (χ1n) is 7.85. The van der Waals surface area contributed by atoms with Gasteiger partial charge < -0.3 is 10.1 Å². The van der Waals surface area contributed by atoms with Gasteiger partial charge in [0.2, 0.25) is 0 Å². The lowest BCUT2D eigenvalue weighted by atomic mass is 9.87. The molecule has 1 aromatic rings. The Morgan fingerprint density at radius 3 is 2.75 bits per heavy atom. The van der Waals surface area contributed by atoms with E-state index < -0.39 is 0 Å². The molecule has 0 spiro atoms. The van der Waals surface area contributed by atoms with Gasteiger partial charge in [-0.05, 0) is 75.1 Å². The first-order chi connectivity index (χ1) is 9.67. The highest BCUT2D eigenvalue weighted by atomic mass is 16.5. The summed E-state index contributed by atoms with van der Waals surface area (Å²) in [6.45, 7) is 7.22. The van der Waals surface area contributed by atoms with Gasteiger partial charge in [-0.1, -0.05) is 12.2 Å². The maximum absolute atomic E-state index is 5.55. The molecule has 1 fully saturated rings. The average Bonchev–Trinajstić information content (AvgIpc) is 3.04. The van der Waals surface area contributed by atoms with E-state index in [0.717, 1.165) is 30.1 Å². The summed E-state index contributed by atoms with van der Waals surface area (Å²) in [5.74, 6) is 3.39. The maximum atomic E-state index is 5.55. The molecule has 2 aliphatic rings. The van der Waals surface area contributed by atoms with Gasteiger partial charge in [0.05, 0.1) is 6.61 Å². The zero-order valence-electron chi connectivity index (χ0n) is 12.7. The molecule has 3 rings (SSSR count). The molecule has 1 saturated carbocycles. The largest absolute Gasteiger partial charge is 0.494 e. The summed E-state index contributed by atoms with van der Waals surface area (Å²) >= 11 is 0. The van der Waals surface area contributed by atoms with Crippen LogP contribution < -0.4 is 10.1 Å². The Kier molecular flexibility index (Phi) is 3.73. The molecule has 0 radical (unpaired) electrons. The van der Waals surface area contributed by atoms with Crippen molar-refractivity contribution in [3.63, 3.8) is 0 Å². The number of hydrogen-bond donors (Lipinski definition) is 1. The monoisotopic (exact) mass is 271 g/mol. The van der Waals surface area contributed by atoms with Crippen LogP contribution >= 0.6 is 0 Å². The van der Waals surface area contributed by atoms with Gasteiger partial charge in [0.15, 0.2) is 0 Å². The predicted octanol–water partition coefficient (Wildman–Crippen LogP) is 4.41. The number of hydrogen-bond acceptors (Lipinski definition) is 2. The third-order valence-electron chi connectivity index (χ3n) is 4.86. The number of fused-ring (bicyclic) bond motifs is 2. The first kappa shape index (κ1) is 13.5. The summed E-state index contributed by atoms with van der Waals surface area (Å²) in [5, 5.41) is 3.72. The van der Waals surface area contributed by atoms with Crippen molar-refractivity contribution >= 4 is 5.69 Å². The number of allylic oxidation sites excluding steroid dienone is 2. The summed E-state index contributed by atoms with van der Waals surface area (Å²) in [7, 11) is 0. The van der Waals surface area contributed by atoms with Crippen LogP contribution in [-0.2, 0) is 0 Å². The Bertz CT molecular complexity index is 508. The molecule has 1 aromatic carbocycles. The minimum absolute atomic E-state index is 0.534. The van der Waals surface area contributed by atoms with Crippen LogP contribution in [0.1, 0.15) is 32.3 Å². The Hall–Kier alpha value is -1.44. The molecule has 2 heteroatoms. The topological polar surface area (TPSA) is 21.3 Å². The van der Waals surface area contributed by atoms with Crippen molar-refractivity contribution in [1.29, 1.82) is 0 Å². The van der Waals surface area contributed by atoms with E-state index in [9.17, 15) is 0 Å². The van der Waals surface area contributed by atoms with Crippen LogP contribution in [0.15, 0.2) is 30.4 Å². The molecule has 4 atom stereocenters. The molecule has 2 nitrogen and oxygen atoms in total. The number of anilines is 1. The lowest BCUT2D eigenvalue weighted by molar-refractivity contribution is 0.340. The molecular weight excluding hydrogens is 246 g/mol. The Labute approximate surface area is 122 Å². The summed E-state index contributed by atoms with van der Waals surface area (Å²) in [5.41, 5.74) is 2.51. The smallest absolute Gasteiger partial charge is 0.119 e. The molecule has 0 amide bonds. The van der Waals surface area contributed by atoms with E-state index in [4.69, 9.17) is 4.74 Å². The average molecular weight is 271 g/mol. The van der Waals surface area contributed by atoms with Gasteiger partial charge >= 0.3 is 0 Å². The lowest BCUT2D eigenvalue weighted by Crippen LogP contribution is -2.29. The zero-order valence-corrected chi connectivity index (χ0v) is 12.7. The van der Waals surface area contributed by atoms with Crippen LogP contribution in [0, 0.1) is 24.7 Å². The molecule has 1 N–H and O–H groups in total. The fourth-order valence-electron chi connectivity index (χ4n) is 3.81. The highest BCUT2D eigenvalue weighted by Crippen LogP contribution is 2.45. The number of aryl methyl sites for hydroxylation is 1. The summed E-state index contributed by atoms with van der Waals surface area (Å²) in [4.78, 5) is 0. The Morgan fingerprint density at radius 1 is 1.30 bits per heavy atom. The molecule has 108 valence electrons. The molecule has 2 aliphatic carbocycles. The molecule has 20 heavy (non-hydrogen) atoms. The molecule has 2 bridgehead atoms. The van der Waals surface area contributed by atoms with Crippen LogP contribution in [0.4, 0.5) is 5.69 Å². The first-order valence-corrected chi connectivity index (χ1v) is 7.85. The van der Waals surface area contributed by atoms with Crippen LogP contribution in [0.3, 0.4) is 0 Å². The number of ether oxygens (including phenoxy) is 1. The van der Waals surface area contributed by atoms with E-state index in [1.165, 1.54) is 24.1 Å². The van der Waals surface area contributed by atoms with E-state index in [-0.39, 0.29) is 0 Å². The highest BCUT2D eigenvalue weighted by Gasteiger charge is 2.38. The van der Waals surface area contributed by atoms with Crippen LogP contribution in [-0.4, -0.2) is 12.6 Å². The van der Waals surface area contributed by atoms with Gasteiger partial charge in [-0.3, -0.25) is 0 Å². The predicted molar refractivity (Wildman–Crippen MR) is 84.3 cm³/mol. The van der Waals surface area contributed by atoms with Crippen LogP contribution in [0.25, 0.3) is 0 Å². The minimum atomic E-state index is 0.534. The van der Waals surface area contributed by atoms with Crippen molar-refractivity contribution in [2.24, 2.45) is 17.8 Å². The van der Waals surface area contributed by atoms with Gasteiger partial charge in [-0.25, -0.2) is 0 Å². The van der Waals surface area contributed by atoms with E-state index in [2.05, 4.69) is 49.5 Å². The van der Waals surface area contributed by atoms with Crippen molar-refractivity contribution in [3.05, 3.63) is 35.9 Å². The molecule has 4 unspecified atom stereocenters. The quantitative estimate of drug-likeness (QED) is 0.801. The third kappa shape index (κ3) is 2.56. The summed E-state index contributed by atoms with van der Waals surface area (Å²) in [6, 6.07) is 6.87. The summed E-state index contributed by atoms with van der Waals surface area (Å²) < 4.78 is 5.55. The molecular formula is C18H25NO. The third-order valence-corrected chi connectivity index (χ3v) is 4.86. The van der Waals surface area contributed by atoms with Gasteiger partial charge in [0.1, 0.15) is 5.75 Å². The molecule has 0 aliphatic heterocycles. The number of benzene rings is 1. The van der Waals surface area contributed by atoms with E-state index in [0.29, 0.717) is 6.04 Å². The standard InChI is InChI=1S/C18H25NO/c1-4-20-16-7-8-18(12(2)9-16)19-13(3)17-11-14-5-6-15(17)10-14/h5-9,13-15,17,19H,4,10-11H2,1-3H3. The van der Waals surface area contributed by atoms with Crippen LogP contribution in [0.2, 0.25) is 0 Å². The Morgan fingerprint density at radius 2 is 2.15 bits per heavy atom. The summed E-state index contributed by atoms with van der Waals surface area (Å²) in [6.07, 6.45) is 7.57. The van der Waals surface area contributed by atoms with Gasteiger partial charge in [-0.15, -0.1) is 0 Å². The van der Waals surface area contributed by atoms with Gasteiger partial charge in [-0.2, -0.15) is 0 Å². The van der Waals surface area contributed by atoms with Crippen molar-refractivity contribution in [2.75, 3.05) is 11.9 Å². The Balaban J connectivity index is 1.67. The van der Waals surface area contributed by atoms with Crippen molar-refractivity contribution in [1.82, 2.24) is 0 Å². The second-order valence-electron chi connectivity index (χ2n) is 6.29. The fraction of sp³-hybridized carbons (Fsp3) is 0.556. The van der Waals surface area contributed by atoms with Crippen molar-refractivity contribution < 1.29 is 4.74 Å². The van der Waals surface area contributed by atoms with E-state index in [1.807, 2.05) is 6.92 Å². The highest BCUT2D eigenvalue weighted by molar-refractivity contribution is 5.54. The normalized spacial score (nSPS) is 28.6. The fourth-order valence-corrected chi connectivity index (χ4v) is 3.81. The maximum Gasteiger partial charge on any atom is 0.119 e. The SMILES string of the molecule is CCOc1ccc(NC(C)C2CC3C=CC2C3)c(C)c1. The van der Waals surface area contributed by atoms with Crippen LogP contribution in [0.5, 0.6) is 5.75 Å². The van der Waals surface area contributed by atoms with E-state index >= 15 is 0 Å². The number of nitrogens with one attached hydrogen (secondary N) is 1.